The lowest BCUT2D eigenvalue weighted by Gasteiger charge is -2.33. The van der Waals surface area contributed by atoms with E-state index >= 15 is 0 Å². The number of hydrogen-bond acceptors (Lipinski definition) is 1. The van der Waals surface area contributed by atoms with Crippen LogP contribution in [0.5, 0.6) is 0 Å². The van der Waals surface area contributed by atoms with Crippen molar-refractivity contribution in [3.63, 3.8) is 0 Å². The van der Waals surface area contributed by atoms with E-state index in [4.69, 9.17) is 0 Å². The minimum Gasteiger partial charge on any atom is -0.302 e. The molecule has 306 valence electrons. The summed E-state index contributed by atoms with van der Waals surface area (Å²) in [6.07, 6.45) is 12.0. The van der Waals surface area contributed by atoms with Crippen LogP contribution in [0.15, 0.2) is 199 Å². The molecule has 4 aliphatic carbocycles. The molecule has 0 N–H and O–H groups in total. The molecular formula is C63H49N. The van der Waals surface area contributed by atoms with E-state index in [-0.39, 0.29) is 10.8 Å². The highest BCUT2D eigenvalue weighted by molar-refractivity contribution is 6.07. The van der Waals surface area contributed by atoms with Gasteiger partial charge in [-0.2, -0.15) is 0 Å². The van der Waals surface area contributed by atoms with Crippen LogP contribution in [0.1, 0.15) is 74.8 Å². The van der Waals surface area contributed by atoms with Crippen LogP contribution in [0.25, 0.3) is 66.1 Å². The molecule has 1 nitrogen and oxygen atoms in total. The van der Waals surface area contributed by atoms with E-state index in [2.05, 4.69) is 233 Å². The third-order valence-electron chi connectivity index (χ3n) is 14.6. The maximum Gasteiger partial charge on any atom is 0.0973 e. The number of nitrogens with zero attached hydrogens (tertiary/aromatic N) is 1. The van der Waals surface area contributed by atoms with Gasteiger partial charge in [-0.05, 0) is 137 Å². The van der Waals surface area contributed by atoms with Crippen LogP contribution in [0.3, 0.4) is 0 Å². The Morgan fingerprint density at radius 2 is 1.12 bits per heavy atom. The third kappa shape index (κ3) is 5.86. The van der Waals surface area contributed by atoms with Crippen molar-refractivity contribution in [3.05, 3.63) is 227 Å². The summed E-state index contributed by atoms with van der Waals surface area (Å²) in [6, 6.07) is 61.3. The summed E-state index contributed by atoms with van der Waals surface area (Å²) >= 11 is 0. The van der Waals surface area contributed by atoms with Gasteiger partial charge < -0.3 is 4.90 Å². The second-order valence-corrected chi connectivity index (χ2v) is 18.9. The van der Waals surface area contributed by atoms with Crippen molar-refractivity contribution < 1.29 is 0 Å². The number of hydrogen-bond donors (Lipinski definition) is 0. The van der Waals surface area contributed by atoms with Crippen LogP contribution in [0.2, 0.25) is 0 Å². The third-order valence-corrected chi connectivity index (χ3v) is 14.6. The van der Waals surface area contributed by atoms with Crippen molar-refractivity contribution in [3.8, 4) is 45.2 Å². The Balaban J connectivity index is 1.21. The Morgan fingerprint density at radius 3 is 1.88 bits per heavy atom. The van der Waals surface area contributed by atoms with Crippen LogP contribution in [0.4, 0.5) is 11.4 Å². The Morgan fingerprint density at radius 1 is 0.516 bits per heavy atom. The molecule has 8 aromatic carbocycles. The van der Waals surface area contributed by atoms with Crippen molar-refractivity contribution in [2.45, 2.75) is 57.8 Å². The quantitative estimate of drug-likeness (QED) is 0.151. The number of fused-ring (bicyclic) bond motifs is 7. The summed E-state index contributed by atoms with van der Waals surface area (Å²) in [6.45, 7) is 9.55. The molecule has 1 heteroatoms. The lowest BCUT2D eigenvalue weighted by molar-refractivity contribution is 0.653. The monoisotopic (exact) mass is 819 g/mol. The molecule has 0 radical (unpaired) electrons. The van der Waals surface area contributed by atoms with E-state index in [1.807, 2.05) is 0 Å². The van der Waals surface area contributed by atoms with E-state index in [0.29, 0.717) is 6.42 Å². The fourth-order valence-corrected chi connectivity index (χ4v) is 11.4. The number of anilines is 2. The first-order chi connectivity index (χ1) is 31.3. The smallest absolute Gasteiger partial charge is 0.0973 e. The molecule has 0 aromatic heterocycles. The number of benzene rings is 8. The maximum atomic E-state index is 3.86. The van der Waals surface area contributed by atoms with Crippen molar-refractivity contribution in [2.24, 2.45) is 0 Å². The van der Waals surface area contributed by atoms with E-state index in [1.165, 1.54) is 99.5 Å². The normalized spacial score (nSPS) is 16.2. The van der Waals surface area contributed by atoms with Gasteiger partial charge in [0.1, 0.15) is 0 Å². The summed E-state index contributed by atoms with van der Waals surface area (Å²) in [5.74, 6) is 7.61. The van der Waals surface area contributed by atoms with Crippen LogP contribution >= 0.6 is 0 Å². The second kappa shape index (κ2) is 14.6. The summed E-state index contributed by atoms with van der Waals surface area (Å²) in [5.41, 5.74) is 21.0. The molecule has 0 fully saturated rings. The fourth-order valence-electron chi connectivity index (χ4n) is 11.4. The summed E-state index contributed by atoms with van der Waals surface area (Å²) in [5, 5.41) is 4.94. The second-order valence-electron chi connectivity index (χ2n) is 18.9. The molecular weight excluding hydrogens is 771 g/mol. The Bertz CT molecular complexity index is 3470. The fraction of sp³-hybridized carbons (Fsp3) is 0.143. The van der Waals surface area contributed by atoms with Gasteiger partial charge in [0.2, 0.25) is 0 Å². The van der Waals surface area contributed by atoms with Gasteiger partial charge in [-0.25, -0.2) is 0 Å². The van der Waals surface area contributed by atoms with Gasteiger partial charge in [0.25, 0.3) is 0 Å². The van der Waals surface area contributed by atoms with Crippen molar-refractivity contribution in [1.29, 1.82) is 0 Å². The zero-order valence-corrected chi connectivity index (χ0v) is 37.0. The van der Waals surface area contributed by atoms with Crippen LogP contribution in [-0.4, -0.2) is 0 Å². The summed E-state index contributed by atoms with van der Waals surface area (Å²) in [7, 11) is 0. The van der Waals surface area contributed by atoms with Crippen LogP contribution in [-0.2, 0) is 10.8 Å². The Labute approximate surface area is 377 Å². The number of allylic oxidation sites excluding steroid dienone is 8. The highest BCUT2D eigenvalue weighted by Crippen LogP contribution is 2.54. The Kier molecular flexibility index (Phi) is 8.73. The molecule has 8 aromatic rings. The molecule has 0 atom stereocenters. The van der Waals surface area contributed by atoms with Gasteiger partial charge in [0, 0.05) is 34.1 Å². The molecule has 0 saturated carbocycles. The molecule has 0 bridgehead atoms. The van der Waals surface area contributed by atoms with Gasteiger partial charge in [-0.1, -0.05) is 191 Å². The Hall–Kier alpha value is -7.40. The lowest BCUT2D eigenvalue weighted by atomic mass is 9.80. The lowest BCUT2D eigenvalue weighted by Crippen LogP contribution is -2.22. The molecule has 0 heterocycles. The first-order valence-electron chi connectivity index (χ1n) is 22.9. The average molecular weight is 820 g/mol. The minimum atomic E-state index is -0.200. The first kappa shape index (κ1) is 38.3. The van der Waals surface area contributed by atoms with Crippen LogP contribution < -0.4 is 4.90 Å². The SMILES string of the molecule is CC1(C)C2=C(CC#CC(N(c3ccc4c(c3)C(C)(C)c3ccccc3-4)c3c(C4=CC=CCC4)cc(-c4cccc5ccccc45)cc3-c3cccc4ccccc34)=C2)c2ccccc21. The van der Waals surface area contributed by atoms with Crippen molar-refractivity contribution in [1.82, 2.24) is 0 Å². The van der Waals surface area contributed by atoms with Gasteiger partial charge in [0.15, 0.2) is 0 Å². The molecule has 0 spiro atoms. The molecule has 0 saturated heterocycles. The van der Waals surface area contributed by atoms with Crippen molar-refractivity contribution >= 4 is 44.1 Å². The maximum absolute atomic E-state index is 3.86. The van der Waals surface area contributed by atoms with Crippen LogP contribution in [0, 0.1) is 11.8 Å². The first-order valence-corrected chi connectivity index (χ1v) is 22.9. The molecule has 4 aliphatic rings. The van der Waals surface area contributed by atoms with Gasteiger partial charge >= 0.3 is 0 Å². The molecule has 0 aliphatic heterocycles. The van der Waals surface area contributed by atoms with Gasteiger partial charge in [-0.3, -0.25) is 0 Å². The molecule has 0 amide bonds. The predicted octanol–water partition coefficient (Wildman–Crippen LogP) is 16.5. The average Bonchev–Trinajstić information content (AvgIpc) is 3.54. The zero-order chi connectivity index (χ0) is 43.2. The molecule has 0 unspecified atom stereocenters. The largest absolute Gasteiger partial charge is 0.302 e. The highest BCUT2D eigenvalue weighted by Gasteiger charge is 2.39. The van der Waals surface area contributed by atoms with Gasteiger partial charge in [0.05, 0.1) is 11.4 Å². The van der Waals surface area contributed by atoms with Crippen molar-refractivity contribution in [2.75, 3.05) is 4.90 Å². The topological polar surface area (TPSA) is 3.24 Å². The van der Waals surface area contributed by atoms with E-state index < -0.39 is 0 Å². The zero-order valence-electron chi connectivity index (χ0n) is 37.0. The minimum absolute atomic E-state index is 0.182. The standard InChI is InChI=1S/C63H49N/c1-62(2)57-33-14-12-28-51(57)53-32-18-25-45(39-59(53)62)64(46-35-36-54-52-29-13-15-34-58(52)63(3,4)60(54)40-46)61-55(43-19-6-5-7-20-43)37-44(49-30-16-23-41-21-8-10-26-47(41)49)38-56(61)50-31-17-24-42-22-9-11-27-48(42)50/h5-6,8-17,19,21-24,26-31,33-40H,7,20,32H2,1-4H3. The number of rotatable bonds is 6. The van der Waals surface area contributed by atoms with E-state index in [0.717, 1.165) is 29.9 Å². The molecule has 12 rings (SSSR count). The summed E-state index contributed by atoms with van der Waals surface area (Å²) < 4.78 is 0. The molecule has 64 heavy (non-hydrogen) atoms. The predicted molar refractivity (Wildman–Crippen MR) is 272 cm³/mol. The van der Waals surface area contributed by atoms with E-state index in [1.54, 1.807) is 0 Å². The highest BCUT2D eigenvalue weighted by atomic mass is 15.2. The van der Waals surface area contributed by atoms with Gasteiger partial charge in [-0.15, -0.1) is 0 Å². The summed E-state index contributed by atoms with van der Waals surface area (Å²) in [4.78, 5) is 2.56. The van der Waals surface area contributed by atoms with E-state index in [9.17, 15) is 0 Å².